The molecule has 9 nitrogen and oxygen atoms in total. The Morgan fingerprint density at radius 2 is 1.73 bits per heavy atom. The van der Waals surface area contributed by atoms with Crippen LogP contribution in [-0.4, -0.2) is 57.8 Å². The minimum absolute atomic E-state index is 0.227. The Morgan fingerprint density at radius 3 is 2.54 bits per heavy atom. The quantitative estimate of drug-likeness (QED) is 0.329. The number of pyridine rings is 1. The lowest BCUT2D eigenvalue weighted by Gasteiger charge is -2.37. The summed E-state index contributed by atoms with van der Waals surface area (Å²) in [5, 5.41) is 10.4. The van der Waals surface area contributed by atoms with Crippen molar-refractivity contribution in [3.05, 3.63) is 60.6 Å². The van der Waals surface area contributed by atoms with Gasteiger partial charge in [0.2, 0.25) is 5.91 Å². The Balaban J connectivity index is 0.936. The Hall–Kier alpha value is -3.98. The summed E-state index contributed by atoms with van der Waals surface area (Å²) in [5.41, 5.74) is 9.88. The second-order valence-corrected chi connectivity index (χ2v) is 12.1. The van der Waals surface area contributed by atoms with Crippen molar-refractivity contribution in [2.45, 2.75) is 56.9 Å². The van der Waals surface area contributed by atoms with E-state index in [2.05, 4.69) is 44.3 Å². The van der Waals surface area contributed by atoms with Crippen LogP contribution in [-0.2, 0) is 4.79 Å². The van der Waals surface area contributed by atoms with Crippen LogP contribution in [0.4, 0.5) is 16.2 Å². The first-order valence-electron chi connectivity index (χ1n) is 15.0. The van der Waals surface area contributed by atoms with Gasteiger partial charge in [0.15, 0.2) is 0 Å². The van der Waals surface area contributed by atoms with Crippen molar-refractivity contribution in [2.24, 2.45) is 5.92 Å². The van der Waals surface area contributed by atoms with E-state index in [1.54, 1.807) is 11.1 Å². The Bertz CT molecular complexity index is 1600. The number of nitrogens with one attached hydrogen (secondary N) is 1. The topological polar surface area (TPSA) is 109 Å². The average Bonchev–Trinajstić information content (AvgIpc) is 3.41. The van der Waals surface area contributed by atoms with Crippen LogP contribution in [0.15, 0.2) is 55.0 Å². The molecule has 2 saturated heterocycles. The molecule has 0 atom stereocenters. The molecular formula is C32H37N7O2. The maximum Gasteiger partial charge on any atom is 0.328 e. The summed E-state index contributed by atoms with van der Waals surface area (Å²) in [7, 11) is 0. The maximum absolute atomic E-state index is 12.4. The zero-order valence-corrected chi connectivity index (χ0v) is 23.3. The monoisotopic (exact) mass is 551 g/mol. The number of carbonyl (C=O) groups is 2. The van der Waals surface area contributed by atoms with Crippen molar-refractivity contribution < 1.29 is 9.59 Å². The van der Waals surface area contributed by atoms with Crippen LogP contribution >= 0.6 is 0 Å². The number of rotatable bonds is 5. The first-order valence-corrected chi connectivity index (χ1v) is 15.0. The zero-order chi connectivity index (χ0) is 27.9. The van der Waals surface area contributed by atoms with Crippen molar-refractivity contribution >= 4 is 45.0 Å². The van der Waals surface area contributed by atoms with Gasteiger partial charge in [0.05, 0.1) is 23.4 Å². The molecular weight excluding hydrogens is 514 g/mol. The van der Waals surface area contributed by atoms with Crippen molar-refractivity contribution in [2.75, 3.05) is 36.8 Å². The Labute approximate surface area is 239 Å². The van der Waals surface area contributed by atoms with Crippen LogP contribution in [0.3, 0.4) is 0 Å². The van der Waals surface area contributed by atoms with Gasteiger partial charge in [-0.25, -0.2) is 4.79 Å². The normalized spacial score (nSPS) is 22.9. The highest BCUT2D eigenvalue weighted by molar-refractivity contribution is 6.09. The van der Waals surface area contributed by atoms with Crippen molar-refractivity contribution in [3.8, 4) is 0 Å². The van der Waals surface area contributed by atoms with Crippen LogP contribution in [0.2, 0.25) is 0 Å². The summed E-state index contributed by atoms with van der Waals surface area (Å²) in [6.45, 7) is 3.84. The summed E-state index contributed by atoms with van der Waals surface area (Å²) in [4.78, 5) is 32.7. The average molecular weight is 552 g/mol. The molecule has 3 fully saturated rings. The Kier molecular flexibility index (Phi) is 6.82. The molecule has 0 unspecified atom stereocenters. The molecule has 1 aliphatic carbocycles. The molecule has 2 aromatic carbocycles. The van der Waals surface area contributed by atoms with Crippen molar-refractivity contribution in [3.63, 3.8) is 0 Å². The fourth-order valence-electron chi connectivity index (χ4n) is 7.10. The van der Waals surface area contributed by atoms with Crippen LogP contribution in [0.25, 0.3) is 21.7 Å². The molecule has 3 amide bonds. The Morgan fingerprint density at radius 1 is 0.902 bits per heavy atom. The van der Waals surface area contributed by atoms with Gasteiger partial charge in [0.1, 0.15) is 0 Å². The number of nitrogens with two attached hydrogens (primary N) is 1. The molecule has 3 aliphatic rings. The second kappa shape index (κ2) is 10.8. The van der Waals surface area contributed by atoms with Gasteiger partial charge in [-0.05, 0) is 93.3 Å². The lowest BCUT2D eigenvalue weighted by Crippen LogP contribution is -2.49. The number of nitrogens with zero attached hydrogens (tertiary/aromatic N) is 5. The van der Waals surface area contributed by atoms with E-state index in [0.29, 0.717) is 24.9 Å². The SMILES string of the molecule is Nc1ccc2nn(C3CCC(CN4CCC(c5ccc6c(N7CCC(=O)NC7=O)cncc6c5)CC4)CC3)cc2c1. The number of likely N-dealkylation sites (tertiary alicyclic amines) is 1. The van der Waals surface area contributed by atoms with E-state index in [4.69, 9.17) is 10.8 Å². The molecule has 0 spiro atoms. The van der Waals surface area contributed by atoms with E-state index < -0.39 is 0 Å². The van der Waals surface area contributed by atoms with E-state index in [9.17, 15) is 9.59 Å². The van der Waals surface area contributed by atoms with Crippen molar-refractivity contribution in [1.29, 1.82) is 0 Å². The molecule has 41 heavy (non-hydrogen) atoms. The fourth-order valence-corrected chi connectivity index (χ4v) is 7.10. The maximum atomic E-state index is 12.4. The zero-order valence-electron chi connectivity index (χ0n) is 23.3. The minimum atomic E-state index is -0.374. The number of hydrogen-bond donors (Lipinski definition) is 2. The lowest BCUT2D eigenvalue weighted by molar-refractivity contribution is -0.120. The number of aromatic nitrogens is 3. The molecule has 212 valence electrons. The van der Waals surface area contributed by atoms with Gasteiger partial charge in [0.25, 0.3) is 0 Å². The summed E-state index contributed by atoms with van der Waals surface area (Å²) in [5.74, 6) is 1.07. The van der Waals surface area contributed by atoms with Gasteiger partial charge in [-0.2, -0.15) is 5.10 Å². The second-order valence-electron chi connectivity index (χ2n) is 12.1. The summed E-state index contributed by atoms with van der Waals surface area (Å²) < 4.78 is 2.18. The predicted octanol–water partition coefficient (Wildman–Crippen LogP) is 5.22. The molecule has 1 saturated carbocycles. The highest BCUT2D eigenvalue weighted by atomic mass is 16.2. The molecule has 0 radical (unpaired) electrons. The molecule has 4 aromatic rings. The molecule has 3 N–H and O–H groups in total. The van der Waals surface area contributed by atoms with E-state index in [0.717, 1.165) is 64.9 Å². The van der Waals surface area contributed by atoms with Gasteiger partial charge in [0, 0.05) is 53.8 Å². The van der Waals surface area contributed by atoms with Gasteiger partial charge < -0.3 is 10.6 Å². The fraction of sp³-hybridized carbons (Fsp3) is 0.438. The molecule has 0 bridgehead atoms. The van der Waals surface area contributed by atoms with E-state index in [1.807, 2.05) is 24.4 Å². The minimum Gasteiger partial charge on any atom is -0.399 e. The number of nitrogen functional groups attached to an aromatic ring is 1. The van der Waals surface area contributed by atoms with Crippen molar-refractivity contribution in [1.82, 2.24) is 25.0 Å². The third-order valence-corrected chi connectivity index (χ3v) is 9.42. The molecule has 7 rings (SSSR count). The van der Waals surface area contributed by atoms with E-state index in [-0.39, 0.29) is 11.9 Å². The standard InChI is InChI=1S/C32H37N7O2/c33-26-4-8-29-25(16-26)20-39(36-29)27-5-1-21(2-6-27)19-37-12-9-22(10-13-37)23-3-7-28-24(15-23)17-34-18-30(28)38-14-11-31(40)35-32(38)41/h3-4,7-8,15-18,20-22,27H,1-2,5-6,9-14,19,33H2,(H,35,40,41). The number of benzene rings is 2. The number of carbonyl (C=O) groups excluding carboxylic acids is 2. The number of hydrogen-bond acceptors (Lipinski definition) is 6. The van der Waals surface area contributed by atoms with Crippen LogP contribution in [0.1, 0.15) is 62.5 Å². The molecule has 2 aromatic heterocycles. The summed E-state index contributed by atoms with van der Waals surface area (Å²) in [6, 6.07) is 12.6. The molecule has 2 aliphatic heterocycles. The lowest BCUT2D eigenvalue weighted by atomic mass is 9.84. The third kappa shape index (κ3) is 5.26. The highest BCUT2D eigenvalue weighted by Crippen LogP contribution is 2.36. The van der Waals surface area contributed by atoms with E-state index >= 15 is 0 Å². The first kappa shape index (κ1) is 26.0. The van der Waals surface area contributed by atoms with Gasteiger partial charge in [-0.3, -0.25) is 24.7 Å². The van der Waals surface area contributed by atoms with E-state index in [1.165, 1.54) is 37.8 Å². The highest BCUT2D eigenvalue weighted by Gasteiger charge is 2.28. The first-order chi connectivity index (χ1) is 20.0. The third-order valence-electron chi connectivity index (χ3n) is 9.42. The molecule has 4 heterocycles. The van der Waals surface area contributed by atoms with Gasteiger partial charge >= 0.3 is 6.03 Å². The number of urea groups is 1. The predicted molar refractivity (Wildman–Crippen MR) is 161 cm³/mol. The number of imide groups is 1. The number of anilines is 2. The number of fused-ring (bicyclic) bond motifs is 2. The van der Waals surface area contributed by atoms with Gasteiger partial charge in [-0.1, -0.05) is 12.1 Å². The van der Waals surface area contributed by atoms with Crippen LogP contribution < -0.4 is 16.0 Å². The summed E-state index contributed by atoms with van der Waals surface area (Å²) in [6.07, 6.45) is 13.3. The van der Waals surface area contributed by atoms with Gasteiger partial charge in [-0.15, -0.1) is 0 Å². The number of amides is 3. The number of piperidine rings is 1. The van der Waals surface area contributed by atoms with Crippen LogP contribution in [0, 0.1) is 5.92 Å². The smallest absolute Gasteiger partial charge is 0.328 e. The largest absolute Gasteiger partial charge is 0.399 e. The molecule has 9 heteroatoms. The van der Waals surface area contributed by atoms with Crippen LogP contribution in [0.5, 0.6) is 0 Å². The summed E-state index contributed by atoms with van der Waals surface area (Å²) >= 11 is 0.